The minimum atomic E-state index is 0. The molecule has 0 bridgehead atoms. The first-order valence-electron chi connectivity index (χ1n) is 14.1. The van der Waals surface area contributed by atoms with Gasteiger partial charge in [0.05, 0.1) is 18.7 Å². The fourth-order valence-corrected chi connectivity index (χ4v) is 4.59. The first-order chi connectivity index (χ1) is 16.4. The minimum absolute atomic E-state index is 0. The van der Waals surface area contributed by atoms with E-state index in [9.17, 15) is 0 Å². The number of aryl methyl sites for hydroxylation is 1. The lowest BCUT2D eigenvalue weighted by Crippen LogP contribution is -3.00. The number of benzene rings is 1. The minimum Gasteiger partial charge on any atom is -1.00 e. The second-order valence-electron chi connectivity index (χ2n) is 9.64. The molecule has 0 amide bonds. The third-order valence-corrected chi connectivity index (χ3v) is 6.63. The normalized spacial score (nSPS) is 11.0. The Hall–Kier alpha value is -1.32. The van der Waals surface area contributed by atoms with E-state index in [4.69, 9.17) is 4.74 Å². The topological polar surface area (TPSA) is 18.0 Å². The third kappa shape index (κ3) is 13.0. The van der Waals surface area contributed by atoms with E-state index in [0.717, 1.165) is 13.2 Å². The molecule has 0 aliphatic rings. The van der Waals surface area contributed by atoms with Crippen LogP contribution in [0.2, 0.25) is 0 Å². The molecule has 0 atom stereocenters. The van der Waals surface area contributed by atoms with Crippen LogP contribution in [0.5, 0.6) is 0 Å². The summed E-state index contributed by atoms with van der Waals surface area (Å²) in [6.45, 7) is 7.15. The van der Waals surface area contributed by atoms with E-state index in [1.165, 1.54) is 114 Å². The van der Waals surface area contributed by atoms with E-state index in [0.29, 0.717) is 6.73 Å². The van der Waals surface area contributed by atoms with Gasteiger partial charge in [-0.2, -0.15) is 0 Å². The van der Waals surface area contributed by atoms with Crippen LogP contribution in [0, 0.1) is 0 Å². The van der Waals surface area contributed by atoms with Gasteiger partial charge in [-0.3, -0.25) is 0 Å². The molecule has 0 N–H and O–H groups in total. The van der Waals surface area contributed by atoms with Gasteiger partial charge in [-0.1, -0.05) is 116 Å². The summed E-state index contributed by atoms with van der Waals surface area (Å²) in [7, 11) is 0. The highest BCUT2D eigenvalue weighted by Gasteiger charge is 2.19. The van der Waals surface area contributed by atoms with Crippen LogP contribution in [0.4, 0.5) is 0 Å². The van der Waals surface area contributed by atoms with Crippen LogP contribution in [0.3, 0.4) is 0 Å². The fourth-order valence-electron chi connectivity index (χ4n) is 4.59. The molecule has 2 rings (SSSR count). The molecule has 4 heteroatoms. The van der Waals surface area contributed by atoms with Gasteiger partial charge in [-0.25, -0.2) is 9.13 Å². The largest absolute Gasteiger partial charge is 1.00 e. The highest BCUT2D eigenvalue weighted by Crippen LogP contribution is 2.17. The van der Waals surface area contributed by atoms with E-state index < -0.39 is 0 Å². The van der Waals surface area contributed by atoms with Crippen LogP contribution in [-0.4, -0.2) is 11.2 Å². The van der Waals surface area contributed by atoms with Gasteiger partial charge < -0.3 is 17.1 Å². The van der Waals surface area contributed by atoms with E-state index in [1.54, 1.807) is 0 Å². The standard InChI is InChI=1S/C30H51N2O.ClH/c1-3-5-7-9-11-12-13-14-15-20-24-31-25-26-32(30(31)29-22-18-17-19-23-29)28-33-27-21-16-10-8-6-4-2;/h17-19,22-23,25-26H,3-16,20-21,24,27-28H2,1-2H3;1H/q+1;/p-1. The zero-order valence-electron chi connectivity index (χ0n) is 22.2. The van der Waals surface area contributed by atoms with E-state index in [1.807, 2.05) is 0 Å². The lowest BCUT2D eigenvalue weighted by atomic mass is 10.1. The Morgan fingerprint density at radius 1 is 0.676 bits per heavy atom. The van der Waals surface area contributed by atoms with Crippen LogP contribution in [-0.2, 0) is 18.0 Å². The molecule has 0 fully saturated rings. The van der Waals surface area contributed by atoms with Gasteiger partial charge in [0, 0.05) is 0 Å². The number of halogens is 1. The average molecular weight is 491 g/mol. The van der Waals surface area contributed by atoms with Gasteiger partial charge in [-0.15, -0.1) is 0 Å². The Bertz CT molecular complexity index is 701. The summed E-state index contributed by atoms with van der Waals surface area (Å²) in [5.41, 5.74) is 1.28. The molecule has 0 saturated carbocycles. The second-order valence-corrected chi connectivity index (χ2v) is 9.64. The first kappa shape index (κ1) is 30.7. The van der Waals surface area contributed by atoms with E-state index in [2.05, 4.69) is 65.7 Å². The molecular formula is C30H51ClN2O. The zero-order valence-corrected chi connectivity index (χ0v) is 22.9. The van der Waals surface area contributed by atoms with Gasteiger partial charge in [0.1, 0.15) is 12.4 Å². The summed E-state index contributed by atoms with van der Waals surface area (Å²) in [4.78, 5) is 0. The number of unbranched alkanes of at least 4 members (excludes halogenated alkanes) is 14. The Balaban J connectivity index is 0.00000578. The van der Waals surface area contributed by atoms with Gasteiger partial charge in [-0.05, 0) is 31.4 Å². The SMILES string of the molecule is CCCCCCCCCCCCn1cc[n+](COCCCCCCCC)c1-c1ccccc1.[Cl-]. The van der Waals surface area contributed by atoms with Gasteiger partial charge in [0.15, 0.2) is 6.73 Å². The number of nitrogens with zero attached hydrogens (tertiary/aromatic N) is 2. The molecule has 3 nitrogen and oxygen atoms in total. The molecule has 0 aliphatic carbocycles. The van der Waals surface area contributed by atoms with Crippen LogP contribution >= 0.6 is 0 Å². The van der Waals surface area contributed by atoms with Crippen LogP contribution < -0.4 is 17.0 Å². The number of rotatable bonds is 21. The van der Waals surface area contributed by atoms with Crippen molar-refractivity contribution in [2.45, 2.75) is 130 Å². The third-order valence-electron chi connectivity index (χ3n) is 6.63. The predicted molar refractivity (Wildman–Crippen MR) is 141 cm³/mol. The van der Waals surface area contributed by atoms with E-state index >= 15 is 0 Å². The Morgan fingerprint density at radius 2 is 1.21 bits per heavy atom. The van der Waals surface area contributed by atoms with E-state index in [-0.39, 0.29) is 12.4 Å². The Morgan fingerprint density at radius 3 is 1.79 bits per heavy atom. The predicted octanol–water partition coefficient (Wildman–Crippen LogP) is 5.70. The summed E-state index contributed by atoms with van der Waals surface area (Å²) >= 11 is 0. The van der Waals surface area contributed by atoms with Crippen molar-refractivity contribution in [3.63, 3.8) is 0 Å². The maximum absolute atomic E-state index is 6.06. The highest BCUT2D eigenvalue weighted by atomic mass is 35.5. The molecule has 0 unspecified atom stereocenters. The summed E-state index contributed by atoms with van der Waals surface area (Å²) in [6.07, 6.45) is 26.1. The van der Waals surface area contributed by atoms with Gasteiger partial charge in [0.25, 0.3) is 5.82 Å². The maximum Gasteiger partial charge on any atom is 0.290 e. The molecule has 194 valence electrons. The average Bonchev–Trinajstić information content (AvgIpc) is 3.25. The lowest BCUT2D eigenvalue weighted by Gasteiger charge is -2.07. The summed E-state index contributed by atoms with van der Waals surface area (Å²) in [6, 6.07) is 10.8. The summed E-state index contributed by atoms with van der Waals surface area (Å²) < 4.78 is 10.8. The number of imidazole rings is 1. The molecule has 0 spiro atoms. The van der Waals surface area contributed by atoms with Gasteiger partial charge >= 0.3 is 0 Å². The number of hydrogen-bond acceptors (Lipinski definition) is 1. The van der Waals surface area contributed by atoms with Crippen LogP contribution in [0.25, 0.3) is 11.4 Å². The van der Waals surface area contributed by atoms with Crippen molar-refractivity contribution in [2.75, 3.05) is 6.61 Å². The number of aromatic nitrogens is 2. The van der Waals surface area contributed by atoms with Crippen molar-refractivity contribution in [3.8, 4) is 11.4 Å². The molecule has 1 aromatic heterocycles. The van der Waals surface area contributed by atoms with Crippen molar-refractivity contribution in [2.24, 2.45) is 0 Å². The lowest BCUT2D eigenvalue weighted by molar-refractivity contribution is -0.722. The molecule has 0 radical (unpaired) electrons. The Kier molecular flexibility index (Phi) is 19.0. The molecular weight excluding hydrogens is 440 g/mol. The molecule has 34 heavy (non-hydrogen) atoms. The molecule has 0 aliphatic heterocycles. The quantitative estimate of drug-likeness (QED) is 0.162. The molecule has 0 saturated heterocycles. The van der Waals surface area contributed by atoms with Crippen LogP contribution in [0.15, 0.2) is 42.7 Å². The van der Waals surface area contributed by atoms with Crippen molar-refractivity contribution < 1.29 is 21.7 Å². The van der Waals surface area contributed by atoms with Gasteiger partial charge in [0.2, 0.25) is 0 Å². The van der Waals surface area contributed by atoms with Crippen molar-refractivity contribution in [1.29, 1.82) is 0 Å². The fraction of sp³-hybridized carbons (Fsp3) is 0.700. The zero-order chi connectivity index (χ0) is 23.4. The summed E-state index contributed by atoms with van der Waals surface area (Å²) in [5, 5.41) is 0. The smallest absolute Gasteiger partial charge is 0.290 e. The summed E-state index contributed by atoms with van der Waals surface area (Å²) in [5.74, 6) is 1.27. The number of hydrogen-bond donors (Lipinski definition) is 0. The maximum atomic E-state index is 6.06. The molecule has 1 heterocycles. The van der Waals surface area contributed by atoms with Crippen molar-refractivity contribution in [1.82, 2.24) is 4.57 Å². The Labute approximate surface area is 216 Å². The molecule has 2 aromatic rings. The van der Waals surface area contributed by atoms with Crippen molar-refractivity contribution in [3.05, 3.63) is 42.7 Å². The second kappa shape index (κ2) is 21.0. The first-order valence-corrected chi connectivity index (χ1v) is 14.1. The highest BCUT2D eigenvalue weighted by molar-refractivity contribution is 5.52. The van der Waals surface area contributed by atoms with Crippen molar-refractivity contribution >= 4 is 0 Å². The molecule has 1 aromatic carbocycles. The monoisotopic (exact) mass is 490 g/mol. The van der Waals surface area contributed by atoms with Crippen LogP contribution in [0.1, 0.15) is 117 Å². The number of ether oxygens (including phenoxy) is 1.